The fraction of sp³-hybridized carbons (Fsp3) is 0.600. The van der Waals surface area contributed by atoms with E-state index in [-0.39, 0.29) is 9.92 Å². The summed E-state index contributed by atoms with van der Waals surface area (Å²) < 4.78 is 27.6. The Morgan fingerprint density at radius 2 is 1.86 bits per heavy atom. The monoisotopic (exact) mass is 328 g/mol. The van der Waals surface area contributed by atoms with Crippen LogP contribution in [0.3, 0.4) is 0 Å². The molecule has 2 fully saturated rings. The van der Waals surface area contributed by atoms with E-state index in [0.29, 0.717) is 30.0 Å². The lowest BCUT2D eigenvalue weighted by molar-refractivity contribution is 0.401. The molecule has 2 aliphatic carbocycles. The first-order valence-corrected chi connectivity index (χ1v) is 9.30. The molecular weight excluding hydrogens is 308 g/mol. The maximum absolute atomic E-state index is 12.5. The van der Waals surface area contributed by atoms with Crippen LogP contribution in [-0.2, 0) is 10.0 Å². The Labute approximate surface area is 131 Å². The number of nitrogens with one attached hydrogen (secondary N) is 1. The van der Waals surface area contributed by atoms with Gasteiger partial charge in [-0.25, -0.2) is 13.1 Å². The number of hydrogen-bond donors (Lipinski definition) is 2. The van der Waals surface area contributed by atoms with E-state index in [1.54, 1.807) is 13.0 Å². The van der Waals surface area contributed by atoms with Crippen molar-refractivity contribution in [2.75, 3.05) is 12.3 Å². The first-order chi connectivity index (χ1) is 9.88. The zero-order valence-electron chi connectivity index (χ0n) is 12.1. The van der Waals surface area contributed by atoms with Crippen molar-refractivity contribution in [1.29, 1.82) is 0 Å². The van der Waals surface area contributed by atoms with Crippen molar-refractivity contribution in [3.05, 3.63) is 22.7 Å². The Bertz CT molecular complexity index is 640. The van der Waals surface area contributed by atoms with Crippen molar-refractivity contribution in [3.63, 3.8) is 0 Å². The van der Waals surface area contributed by atoms with Crippen LogP contribution in [0, 0.1) is 24.7 Å². The van der Waals surface area contributed by atoms with E-state index in [9.17, 15) is 8.42 Å². The third-order valence-electron chi connectivity index (χ3n) is 4.57. The summed E-state index contributed by atoms with van der Waals surface area (Å²) >= 11 is 6.08. The minimum atomic E-state index is -3.60. The first-order valence-electron chi connectivity index (χ1n) is 7.44. The summed E-state index contributed by atoms with van der Waals surface area (Å²) in [6, 6.07) is 3.05. The molecule has 3 rings (SSSR count). The molecule has 0 spiro atoms. The smallest absolute Gasteiger partial charge is 0.242 e. The molecule has 1 aromatic carbocycles. The molecule has 0 heterocycles. The van der Waals surface area contributed by atoms with E-state index >= 15 is 0 Å². The Morgan fingerprint density at radius 3 is 2.38 bits per heavy atom. The predicted octanol–water partition coefficient (Wildman–Crippen LogP) is 2.95. The maximum Gasteiger partial charge on any atom is 0.242 e. The standard InChI is InChI=1S/C15H21ClN2O2S/c1-9-6-13(16)15(7-14(9)17)21(19,20)18-8-12(10-2-3-10)11-4-5-11/h6-7,10-12,18H,2-5,8,17H2,1H3. The highest BCUT2D eigenvalue weighted by Crippen LogP contribution is 2.49. The van der Waals surface area contributed by atoms with Gasteiger partial charge in [-0.3, -0.25) is 0 Å². The average Bonchev–Trinajstić information content (AvgIpc) is 3.25. The second-order valence-corrected chi connectivity index (χ2v) is 8.47. The van der Waals surface area contributed by atoms with E-state index in [0.717, 1.165) is 5.56 Å². The summed E-state index contributed by atoms with van der Waals surface area (Å²) in [5.74, 6) is 1.90. The van der Waals surface area contributed by atoms with Crippen LogP contribution in [-0.4, -0.2) is 15.0 Å². The lowest BCUT2D eigenvalue weighted by atomic mass is 9.99. The summed E-state index contributed by atoms with van der Waals surface area (Å²) in [5, 5.41) is 0.226. The average molecular weight is 329 g/mol. The number of hydrogen-bond acceptors (Lipinski definition) is 3. The molecule has 0 saturated heterocycles. The van der Waals surface area contributed by atoms with E-state index in [1.165, 1.54) is 31.7 Å². The summed E-state index contributed by atoms with van der Waals surface area (Å²) in [4.78, 5) is 0.0811. The molecular formula is C15H21ClN2O2S. The van der Waals surface area contributed by atoms with Crippen LogP contribution >= 0.6 is 11.6 Å². The van der Waals surface area contributed by atoms with Crippen molar-refractivity contribution in [2.45, 2.75) is 37.5 Å². The van der Waals surface area contributed by atoms with E-state index < -0.39 is 10.0 Å². The van der Waals surface area contributed by atoms with Crippen molar-refractivity contribution in [3.8, 4) is 0 Å². The molecule has 2 aliphatic rings. The molecule has 0 aliphatic heterocycles. The molecule has 0 radical (unpaired) electrons. The third kappa shape index (κ3) is 3.35. The predicted molar refractivity (Wildman–Crippen MR) is 84.7 cm³/mol. The van der Waals surface area contributed by atoms with Gasteiger partial charge in [0.1, 0.15) is 4.90 Å². The molecule has 4 nitrogen and oxygen atoms in total. The number of sulfonamides is 1. The van der Waals surface area contributed by atoms with Crippen molar-refractivity contribution < 1.29 is 8.42 Å². The SMILES string of the molecule is Cc1cc(Cl)c(S(=O)(=O)NCC(C2CC2)C2CC2)cc1N. The maximum atomic E-state index is 12.5. The minimum absolute atomic E-state index is 0.0811. The molecule has 0 bridgehead atoms. The summed E-state index contributed by atoms with van der Waals surface area (Å²) in [6.07, 6.45) is 4.95. The Balaban J connectivity index is 1.75. The Morgan fingerprint density at radius 1 is 1.29 bits per heavy atom. The number of anilines is 1. The van der Waals surface area contributed by atoms with Gasteiger partial charge in [-0.05, 0) is 68.1 Å². The van der Waals surface area contributed by atoms with E-state index in [1.807, 2.05) is 0 Å². The van der Waals surface area contributed by atoms with Crippen molar-refractivity contribution >= 4 is 27.3 Å². The van der Waals surface area contributed by atoms with Crippen LogP contribution in [0.25, 0.3) is 0 Å². The zero-order chi connectivity index (χ0) is 15.2. The highest BCUT2D eigenvalue weighted by molar-refractivity contribution is 7.89. The number of rotatable bonds is 6. The van der Waals surface area contributed by atoms with Gasteiger partial charge in [-0.2, -0.15) is 0 Å². The van der Waals surface area contributed by atoms with Crippen LogP contribution in [0.15, 0.2) is 17.0 Å². The molecule has 6 heteroatoms. The normalized spacial score (nSPS) is 19.2. The second kappa shape index (κ2) is 5.45. The van der Waals surface area contributed by atoms with Gasteiger partial charge in [0.15, 0.2) is 0 Å². The van der Waals surface area contributed by atoms with Gasteiger partial charge in [0.05, 0.1) is 5.02 Å². The van der Waals surface area contributed by atoms with Crippen LogP contribution in [0.4, 0.5) is 5.69 Å². The summed E-state index contributed by atoms with van der Waals surface area (Å²) in [6.45, 7) is 2.32. The number of benzene rings is 1. The molecule has 0 aromatic heterocycles. The minimum Gasteiger partial charge on any atom is -0.398 e. The molecule has 3 N–H and O–H groups in total. The van der Waals surface area contributed by atoms with Gasteiger partial charge in [0, 0.05) is 12.2 Å². The molecule has 0 unspecified atom stereocenters. The quantitative estimate of drug-likeness (QED) is 0.789. The fourth-order valence-corrected chi connectivity index (χ4v) is 4.61. The largest absolute Gasteiger partial charge is 0.398 e. The van der Waals surface area contributed by atoms with Gasteiger partial charge in [-0.1, -0.05) is 11.6 Å². The molecule has 0 atom stereocenters. The highest BCUT2D eigenvalue weighted by Gasteiger charge is 2.41. The Hall–Kier alpha value is -0.780. The van der Waals surface area contributed by atoms with Crippen molar-refractivity contribution in [2.24, 2.45) is 17.8 Å². The van der Waals surface area contributed by atoms with E-state index in [2.05, 4.69) is 4.72 Å². The third-order valence-corrected chi connectivity index (χ3v) is 6.46. The van der Waals surface area contributed by atoms with Crippen LogP contribution in [0.5, 0.6) is 0 Å². The lowest BCUT2D eigenvalue weighted by Gasteiger charge is -2.17. The zero-order valence-corrected chi connectivity index (χ0v) is 13.7. The second-order valence-electron chi connectivity index (χ2n) is 6.33. The van der Waals surface area contributed by atoms with E-state index in [4.69, 9.17) is 17.3 Å². The van der Waals surface area contributed by atoms with Crippen LogP contribution < -0.4 is 10.5 Å². The molecule has 0 amide bonds. The number of nitrogen functional groups attached to an aromatic ring is 1. The summed E-state index contributed by atoms with van der Waals surface area (Å²) in [7, 11) is -3.60. The van der Waals surface area contributed by atoms with Gasteiger partial charge >= 0.3 is 0 Å². The van der Waals surface area contributed by atoms with Crippen molar-refractivity contribution in [1.82, 2.24) is 4.72 Å². The molecule has 21 heavy (non-hydrogen) atoms. The number of nitrogens with two attached hydrogens (primary N) is 1. The lowest BCUT2D eigenvalue weighted by Crippen LogP contribution is -2.31. The fourth-order valence-electron chi connectivity index (χ4n) is 2.93. The molecule has 2 saturated carbocycles. The first kappa shape index (κ1) is 15.1. The molecule has 116 valence electrons. The van der Waals surface area contributed by atoms with Crippen LogP contribution in [0.1, 0.15) is 31.2 Å². The summed E-state index contributed by atoms with van der Waals surface area (Å²) in [5.41, 5.74) is 7.04. The topological polar surface area (TPSA) is 72.2 Å². The highest BCUT2D eigenvalue weighted by atomic mass is 35.5. The van der Waals surface area contributed by atoms with Gasteiger partial charge in [0.25, 0.3) is 0 Å². The van der Waals surface area contributed by atoms with Gasteiger partial charge < -0.3 is 5.73 Å². The Kier molecular flexibility index (Phi) is 3.93. The van der Waals surface area contributed by atoms with Gasteiger partial charge in [0.2, 0.25) is 10.0 Å². The molecule has 1 aromatic rings. The number of aryl methyl sites for hydroxylation is 1. The number of halogens is 1. The van der Waals surface area contributed by atoms with Gasteiger partial charge in [-0.15, -0.1) is 0 Å². The van der Waals surface area contributed by atoms with Crippen LogP contribution in [0.2, 0.25) is 5.02 Å².